The van der Waals surface area contributed by atoms with Crippen LogP contribution in [0.25, 0.3) is 21.3 Å². The zero-order valence-corrected chi connectivity index (χ0v) is 8.13. The van der Waals surface area contributed by atoms with Crippen LogP contribution in [0.2, 0.25) is 0 Å². The summed E-state index contributed by atoms with van der Waals surface area (Å²) in [5.74, 6) is 0. The van der Waals surface area contributed by atoms with Gasteiger partial charge >= 0.3 is 0 Å². The van der Waals surface area contributed by atoms with E-state index in [4.69, 9.17) is 0 Å². The molecular formula is C8H6N4OS. The molecule has 0 amide bonds. The first kappa shape index (κ1) is 7.69. The fourth-order valence-electron chi connectivity index (χ4n) is 1.66. The lowest BCUT2D eigenvalue weighted by Gasteiger charge is -1.92. The quantitative estimate of drug-likeness (QED) is 0.593. The number of aryl methyl sites for hydroxylation is 1. The van der Waals surface area contributed by atoms with Gasteiger partial charge in [0.1, 0.15) is 5.52 Å². The monoisotopic (exact) mass is 206 g/mol. The highest BCUT2D eigenvalue weighted by atomic mass is 32.1. The van der Waals surface area contributed by atoms with E-state index >= 15 is 0 Å². The number of aromatic amines is 1. The van der Waals surface area contributed by atoms with Crippen LogP contribution in [0.5, 0.6) is 0 Å². The summed E-state index contributed by atoms with van der Waals surface area (Å²) >= 11 is 1.52. The standard InChI is InChI=1S/C8H6N4OS/c1-12-5-4(2-10-11-8(5)13)6-7(12)9-3-14-6/h2-3H,1H3,(H,11,13). The van der Waals surface area contributed by atoms with E-state index in [-0.39, 0.29) is 5.56 Å². The third-order valence-corrected chi connectivity index (χ3v) is 3.13. The van der Waals surface area contributed by atoms with Crippen molar-refractivity contribution in [2.75, 3.05) is 0 Å². The average molecular weight is 206 g/mol. The van der Waals surface area contributed by atoms with Crippen molar-refractivity contribution in [2.24, 2.45) is 7.05 Å². The van der Waals surface area contributed by atoms with Crippen molar-refractivity contribution in [3.05, 3.63) is 22.1 Å². The maximum atomic E-state index is 11.5. The molecule has 0 aromatic carbocycles. The van der Waals surface area contributed by atoms with Crippen LogP contribution in [0, 0.1) is 0 Å². The lowest BCUT2D eigenvalue weighted by atomic mass is 10.4. The fraction of sp³-hybridized carbons (Fsp3) is 0.125. The van der Waals surface area contributed by atoms with Gasteiger partial charge in [0.15, 0.2) is 5.65 Å². The van der Waals surface area contributed by atoms with Gasteiger partial charge in [0, 0.05) is 12.4 Å². The zero-order valence-electron chi connectivity index (χ0n) is 7.31. The largest absolute Gasteiger partial charge is 0.323 e. The Morgan fingerprint density at radius 1 is 1.57 bits per heavy atom. The SMILES string of the molecule is Cn1c2ncsc2c2cn[nH]c(=O)c21. The van der Waals surface area contributed by atoms with Crippen LogP contribution in [0.1, 0.15) is 0 Å². The lowest BCUT2D eigenvalue weighted by molar-refractivity contribution is 0.949. The molecule has 0 atom stereocenters. The van der Waals surface area contributed by atoms with E-state index in [0.717, 1.165) is 15.7 Å². The number of thiazole rings is 1. The second-order valence-electron chi connectivity index (χ2n) is 3.03. The number of hydrogen-bond acceptors (Lipinski definition) is 4. The molecule has 0 unspecified atom stereocenters. The fourth-order valence-corrected chi connectivity index (χ4v) is 2.49. The topological polar surface area (TPSA) is 63.6 Å². The average Bonchev–Trinajstić information content (AvgIpc) is 2.71. The Balaban J connectivity index is 2.78. The van der Waals surface area contributed by atoms with E-state index in [0.29, 0.717) is 5.52 Å². The second kappa shape index (κ2) is 2.42. The summed E-state index contributed by atoms with van der Waals surface area (Å²) in [4.78, 5) is 15.7. The molecule has 1 N–H and O–H groups in total. The third kappa shape index (κ3) is 0.759. The summed E-state index contributed by atoms with van der Waals surface area (Å²) in [7, 11) is 1.83. The molecule has 5 nitrogen and oxygen atoms in total. The van der Waals surface area contributed by atoms with Gasteiger partial charge in [0.05, 0.1) is 16.4 Å². The van der Waals surface area contributed by atoms with Crippen molar-refractivity contribution in [3.8, 4) is 0 Å². The van der Waals surface area contributed by atoms with Gasteiger partial charge in [-0.05, 0) is 0 Å². The Hall–Kier alpha value is -1.69. The van der Waals surface area contributed by atoms with Gasteiger partial charge in [0.25, 0.3) is 5.56 Å². The Morgan fingerprint density at radius 3 is 3.29 bits per heavy atom. The Morgan fingerprint density at radius 2 is 2.43 bits per heavy atom. The van der Waals surface area contributed by atoms with Gasteiger partial charge < -0.3 is 4.57 Å². The molecule has 0 aliphatic rings. The molecule has 3 heterocycles. The number of rotatable bonds is 0. The van der Waals surface area contributed by atoms with Crippen LogP contribution in [0.4, 0.5) is 0 Å². The zero-order chi connectivity index (χ0) is 9.71. The van der Waals surface area contributed by atoms with Gasteiger partial charge in [-0.15, -0.1) is 11.3 Å². The predicted octanol–water partition coefficient (Wildman–Crippen LogP) is 0.871. The molecule has 0 bridgehead atoms. The minimum Gasteiger partial charge on any atom is -0.323 e. The van der Waals surface area contributed by atoms with Gasteiger partial charge in [-0.1, -0.05) is 0 Å². The smallest absolute Gasteiger partial charge is 0.288 e. The summed E-state index contributed by atoms with van der Waals surface area (Å²) in [5.41, 5.74) is 3.07. The maximum absolute atomic E-state index is 11.5. The molecule has 0 fully saturated rings. The van der Waals surface area contributed by atoms with Crippen LogP contribution >= 0.6 is 11.3 Å². The van der Waals surface area contributed by atoms with Crippen LogP contribution in [0.3, 0.4) is 0 Å². The van der Waals surface area contributed by atoms with E-state index in [1.54, 1.807) is 16.3 Å². The number of nitrogens with zero attached hydrogens (tertiary/aromatic N) is 3. The minimum atomic E-state index is -0.171. The van der Waals surface area contributed by atoms with Crippen molar-refractivity contribution in [2.45, 2.75) is 0 Å². The highest BCUT2D eigenvalue weighted by molar-refractivity contribution is 7.17. The first-order valence-corrected chi connectivity index (χ1v) is 4.92. The molecule has 0 saturated carbocycles. The van der Waals surface area contributed by atoms with Crippen LogP contribution < -0.4 is 5.56 Å². The van der Waals surface area contributed by atoms with Crippen molar-refractivity contribution in [1.29, 1.82) is 0 Å². The summed E-state index contributed by atoms with van der Waals surface area (Å²) in [6, 6.07) is 0. The number of nitrogens with one attached hydrogen (secondary N) is 1. The third-order valence-electron chi connectivity index (χ3n) is 2.28. The van der Waals surface area contributed by atoms with E-state index in [1.165, 1.54) is 11.3 Å². The highest BCUT2D eigenvalue weighted by Gasteiger charge is 2.12. The molecule has 0 saturated heterocycles. The van der Waals surface area contributed by atoms with Gasteiger partial charge in [-0.3, -0.25) is 4.79 Å². The molecule has 0 aliphatic carbocycles. The maximum Gasteiger partial charge on any atom is 0.288 e. The molecular weight excluding hydrogens is 200 g/mol. The first-order chi connectivity index (χ1) is 6.79. The molecule has 0 aliphatic heterocycles. The van der Waals surface area contributed by atoms with Crippen molar-refractivity contribution in [3.63, 3.8) is 0 Å². The molecule has 3 rings (SSSR count). The molecule has 0 radical (unpaired) electrons. The molecule has 3 aromatic heterocycles. The highest BCUT2D eigenvalue weighted by Crippen LogP contribution is 2.27. The first-order valence-electron chi connectivity index (χ1n) is 4.04. The van der Waals surface area contributed by atoms with Gasteiger partial charge in [0.2, 0.25) is 0 Å². The van der Waals surface area contributed by atoms with Crippen molar-refractivity contribution >= 4 is 32.6 Å². The van der Waals surface area contributed by atoms with Crippen LogP contribution in [-0.4, -0.2) is 19.7 Å². The summed E-state index contributed by atoms with van der Waals surface area (Å²) in [5, 5.41) is 7.07. The summed E-state index contributed by atoms with van der Waals surface area (Å²) in [6.45, 7) is 0. The second-order valence-corrected chi connectivity index (χ2v) is 3.88. The molecule has 70 valence electrons. The van der Waals surface area contributed by atoms with E-state index in [9.17, 15) is 4.79 Å². The van der Waals surface area contributed by atoms with Crippen molar-refractivity contribution < 1.29 is 0 Å². The molecule has 3 aromatic rings. The summed E-state index contributed by atoms with van der Waals surface area (Å²) < 4.78 is 2.81. The van der Waals surface area contributed by atoms with Crippen molar-refractivity contribution in [1.82, 2.24) is 19.7 Å². The normalized spacial score (nSPS) is 11.5. The summed E-state index contributed by atoms with van der Waals surface area (Å²) in [6.07, 6.45) is 1.66. The number of H-pyrrole nitrogens is 1. The predicted molar refractivity (Wildman–Crippen MR) is 54.5 cm³/mol. The minimum absolute atomic E-state index is 0.171. The van der Waals surface area contributed by atoms with Gasteiger partial charge in [-0.2, -0.15) is 5.10 Å². The van der Waals surface area contributed by atoms with Crippen LogP contribution in [-0.2, 0) is 7.05 Å². The Bertz CT molecular complexity index is 677. The van der Waals surface area contributed by atoms with E-state index < -0.39 is 0 Å². The van der Waals surface area contributed by atoms with Crippen LogP contribution in [0.15, 0.2) is 16.5 Å². The van der Waals surface area contributed by atoms with E-state index in [1.807, 2.05) is 7.05 Å². The van der Waals surface area contributed by atoms with Gasteiger partial charge in [-0.25, -0.2) is 10.1 Å². The number of fused-ring (bicyclic) bond motifs is 3. The Kier molecular flexibility index (Phi) is 1.33. The number of hydrogen-bond donors (Lipinski definition) is 1. The van der Waals surface area contributed by atoms with E-state index in [2.05, 4.69) is 15.2 Å². The molecule has 0 spiro atoms. The molecule has 6 heteroatoms. The number of aromatic nitrogens is 4. The lowest BCUT2D eigenvalue weighted by Crippen LogP contribution is -2.10. The Labute approximate surface area is 82.0 Å². The molecule has 14 heavy (non-hydrogen) atoms.